The largest absolute Gasteiger partial charge is 0.468 e. The van der Waals surface area contributed by atoms with E-state index >= 15 is 0 Å². The van der Waals surface area contributed by atoms with E-state index in [-0.39, 0.29) is 5.78 Å². The molecule has 0 bridgehead atoms. The fourth-order valence-corrected chi connectivity index (χ4v) is 1.48. The summed E-state index contributed by atoms with van der Waals surface area (Å²) < 4.78 is 4.52. The van der Waals surface area contributed by atoms with E-state index in [4.69, 9.17) is 0 Å². The van der Waals surface area contributed by atoms with Crippen molar-refractivity contribution in [3.8, 4) is 0 Å². The van der Waals surface area contributed by atoms with Crippen LogP contribution in [-0.4, -0.2) is 25.1 Å². The molecule has 0 radical (unpaired) electrons. The van der Waals surface area contributed by atoms with Crippen LogP contribution in [0.4, 0.5) is 5.69 Å². The zero-order chi connectivity index (χ0) is 10.8. The van der Waals surface area contributed by atoms with E-state index in [1.54, 1.807) is 24.3 Å². The molecule has 1 unspecified atom stereocenters. The number of ketones is 1. The smallest absolute Gasteiger partial charge is 0.322 e. The lowest BCUT2D eigenvalue weighted by molar-refractivity contribution is -0.141. The molecule has 0 aromatic heterocycles. The number of benzene rings is 1. The van der Waals surface area contributed by atoms with Gasteiger partial charge in [-0.1, -0.05) is 12.1 Å². The molecule has 1 aliphatic rings. The van der Waals surface area contributed by atoms with E-state index in [1.807, 2.05) is 0 Å². The summed E-state index contributed by atoms with van der Waals surface area (Å²) in [5.74, 6) is -1.73. The summed E-state index contributed by atoms with van der Waals surface area (Å²) in [4.78, 5) is 27.1. The van der Waals surface area contributed by atoms with E-state index < -0.39 is 11.9 Å². The first-order valence-corrected chi connectivity index (χ1v) is 4.49. The highest BCUT2D eigenvalue weighted by Gasteiger charge is 2.30. The summed E-state index contributed by atoms with van der Waals surface area (Å²) in [6.45, 7) is 0. The summed E-state index contributed by atoms with van der Waals surface area (Å²) in [7, 11) is 1.25. The molecule has 1 heterocycles. The van der Waals surface area contributed by atoms with Crippen LogP contribution in [0.2, 0.25) is 0 Å². The Morgan fingerprint density at radius 2 is 2.13 bits per heavy atom. The fraction of sp³-hybridized carbons (Fsp3) is 0.182. The van der Waals surface area contributed by atoms with E-state index in [1.165, 1.54) is 13.3 Å². The van der Waals surface area contributed by atoms with Gasteiger partial charge in [0.15, 0.2) is 11.7 Å². The van der Waals surface area contributed by atoms with Crippen LogP contribution in [0, 0.1) is 5.92 Å². The van der Waals surface area contributed by atoms with Crippen molar-refractivity contribution in [3.05, 3.63) is 29.8 Å². The van der Waals surface area contributed by atoms with Crippen molar-refractivity contribution in [2.75, 3.05) is 7.11 Å². The second-order valence-electron chi connectivity index (χ2n) is 3.16. The van der Waals surface area contributed by atoms with E-state index in [9.17, 15) is 9.59 Å². The molecule has 4 heteroatoms. The molecule has 0 fully saturated rings. The fourth-order valence-electron chi connectivity index (χ4n) is 1.48. The number of para-hydroxylation sites is 1. The molecule has 1 atom stereocenters. The van der Waals surface area contributed by atoms with Crippen molar-refractivity contribution in [1.82, 2.24) is 0 Å². The van der Waals surface area contributed by atoms with Gasteiger partial charge in [-0.3, -0.25) is 14.6 Å². The van der Waals surface area contributed by atoms with Crippen LogP contribution in [0.5, 0.6) is 0 Å². The highest BCUT2D eigenvalue weighted by molar-refractivity contribution is 6.22. The lowest BCUT2D eigenvalue weighted by atomic mass is 9.95. The van der Waals surface area contributed by atoms with E-state index in [2.05, 4.69) is 9.73 Å². The van der Waals surface area contributed by atoms with Gasteiger partial charge in [0, 0.05) is 11.8 Å². The molecular formula is C11H9NO3. The van der Waals surface area contributed by atoms with E-state index in [0.717, 1.165) is 0 Å². The third-order valence-corrected chi connectivity index (χ3v) is 2.27. The van der Waals surface area contributed by atoms with Crippen LogP contribution in [0.15, 0.2) is 29.3 Å². The molecule has 1 aromatic carbocycles. The number of nitrogens with zero attached hydrogens (tertiary/aromatic N) is 1. The van der Waals surface area contributed by atoms with Gasteiger partial charge in [-0.15, -0.1) is 0 Å². The average molecular weight is 203 g/mol. The minimum absolute atomic E-state index is 0.257. The van der Waals surface area contributed by atoms with Crippen molar-refractivity contribution < 1.29 is 14.3 Å². The highest BCUT2D eigenvalue weighted by atomic mass is 16.5. The Bertz CT molecular complexity index is 451. The van der Waals surface area contributed by atoms with Gasteiger partial charge in [-0.05, 0) is 12.1 Å². The Balaban J connectivity index is 2.42. The number of hydrogen-bond donors (Lipinski definition) is 0. The van der Waals surface area contributed by atoms with Gasteiger partial charge in [0.05, 0.1) is 12.8 Å². The molecular weight excluding hydrogens is 194 g/mol. The molecule has 76 valence electrons. The normalized spacial score (nSPS) is 18.5. The topological polar surface area (TPSA) is 55.7 Å². The molecule has 15 heavy (non-hydrogen) atoms. The lowest BCUT2D eigenvalue weighted by Gasteiger charge is -2.14. The number of fused-ring (bicyclic) bond motifs is 1. The predicted octanol–water partition coefficient (Wildman–Crippen LogP) is 1.37. The quantitative estimate of drug-likeness (QED) is 0.511. The first kappa shape index (κ1) is 9.58. The molecule has 0 N–H and O–H groups in total. The second-order valence-corrected chi connectivity index (χ2v) is 3.16. The second kappa shape index (κ2) is 3.65. The summed E-state index contributed by atoms with van der Waals surface area (Å²) in [6.07, 6.45) is 1.33. The third kappa shape index (κ3) is 1.54. The van der Waals surface area contributed by atoms with Gasteiger partial charge in [-0.2, -0.15) is 0 Å². The number of rotatable bonds is 1. The van der Waals surface area contributed by atoms with Gasteiger partial charge in [0.2, 0.25) is 0 Å². The monoisotopic (exact) mass is 203 g/mol. The number of Topliss-reactive ketones (excluding diaryl/α,β-unsaturated/α-hetero) is 1. The van der Waals surface area contributed by atoms with Gasteiger partial charge >= 0.3 is 5.97 Å². The number of ether oxygens (including phenoxy) is 1. The number of methoxy groups -OCH3 is 1. The number of aliphatic imine (C=N–C) groups is 1. The van der Waals surface area contributed by atoms with Crippen molar-refractivity contribution in [2.24, 2.45) is 10.9 Å². The summed E-state index contributed by atoms with van der Waals surface area (Å²) in [5.41, 5.74) is 1.07. The molecule has 0 spiro atoms. The molecule has 1 aromatic rings. The van der Waals surface area contributed by atoms with Crippen molar-refractivity contribution in [2.45, 2.75) is 0 Å². The maximum atomic E-state index is 11.8. The van der Waals surface area contributed by atoms with Gasteiger partial charge in [0.25, 0.3) is 0 Å². The third-order valence-electron chi connectivity index (χ3n) is 2.27. The maximum Gasteiger partial charge on any atom is 0.322 e. The molecule has 0 amide bonds. The highest BCUT2D eigenvalue weighted by Crippen LogP contribution is 2.25. The standard InChI is InChI=1S/C11H9NO3/c1-15-11(14)8-6-12-9-5-3-2-4-7(9)10(8)13/h2-6,8H,1H3. The zero-order valence-corrected chi connectivity index (χ0v) is 8.14. The number of carbonyl (C=O) groups is 2. The average Bonchev–Trinajstić information content (AvgIpc) is 2.29. The Labute approximate surface area is 86.6 Å². The van der Waals surface area contributed by atoms with Crippen LogP contribution in [-0.2, 0) is 9.53 Å². The number of carbonyl (C=O) groups excluding carboxylic acids is 2. The number of esters is 1. The minimum Gasteiger partial charge on any atom is -0.468 e. The van der Waals surface area contributed by atoms with Crippen LogP contribution in [0.25, 0.3) is 0 Å². The van der Waals surface area contributed by atoms with Crippen LogP contribution < -0.4 is 0 Å². The van der Waals surface area contributed by atoms with Gasteiger partial charge in [0.1, 0.15) is 0 Å². The first-order chi connectivity index (χ1) is 7.24. The summed E-state index contributed by atoms with van der Waals surface area (Å²) >= 11 is 0. The SMILES string of the molecule is COC(=O)C1C=Nc2ccccc2C1=O. The Hall–Kier alpha value is -1.97. The lowest BCUT2D eigenvalue weighted by Crippen LogP contribution is -2.28. The molecule has 0 saturated carbocycles. The van der Waals surface area contributed by atoms with Crippen molar-refractivity contribution in [1.29, 1.82) is 0 Å². The molecule has 1 aliphatic heterocycles. The maximum absolute atomic E-state index is 11.8. The van der Waals surface area contributed by atoms with Crippen LogP contribution in [0.3, 0.4) is 0 Å². The summed E-state index contributed by atoms with van der Waals surface area (Å²) in [5, 5.41) is 0. The molecule has 0 saturated heterocycles. The predicted molar refractivity (Wildman–Crippen MR) is 54.4 cm³/mol. The van der Waals surface area contributed by atoms with Crippen molar-refractivity contribution in [3.63, 3.8) is 0 Å². The van der Waals surface area contributed by atoms with Gasteiger partial charge in [-0.25, -0.2) is 0 Å². The molecule has 4 nitrogen and oxygen atoms in total. The Kier molecular flexibility index (Phi) is 2.33. The number of hydrogen-bond acceptors (Lipinski definition) is 4. The van der Waals surface area contributed by atoms with Crippen LogP contribution >= 0.6 is 0 Å². The molecule has 2 rings (SSSR count). The Morgan fingerprint density at radius 3 is 2.87 bits per heavy atom. The Morgan fingerprint density at radius 1 is 1.40 bits per heavy atom. The van der Waals surface area contributed by atoms with Crippen molar-refractivity contribution >= 4 is 23.7 Å². The van der Waals surface area contributed by atoms with E-state index in [0.29, 0.717) is 11.3 Å². The zero-order valence-electron chi connectivity index (χ0n) is 8.14. The summed E-state index contributed by atoms with van der Waals surface area (Å²) in [6, 6.07) is 6.93. The first-order valence-electron chi connectivity index (χ1n) is 4.49. The van der Waals surface area contributed by atoms with Gasteiger partial charge < -0.3 is 4.74 Å². The minimum atomic E-state index is -0.898. The van der Waals surface area contributed by atoms with Crippen LogP contribution in [0.1, 0.15) is 10.4 Å². The molecule has 0 aliphatic carbocycles.